The lowest BCUT2D eigenvalue weighted by Gasteiger charge is -2.15. The molecule has 1 amide bonds. The second-order valence-corrected chi connectivity index (χ2v) is 4.32. The Morgan fingerprint density at radius 2 is 2.19 bits per heavy atom. The summed E-state index contributed by atoms with van der Waals surface area (Å²) in [5.74, 6) is 0.571. The van der Waals surface area contributed by atoms with Crippen molar-refractivity contribution in [1.82, 2.24) is 0 Å². The summed E-state index contributed by atoms with van der Waals surface area (Å²) in [4.78, 5) is 13.5. The monoisotopic (exact) mass is 255 g/mol. The number of hydrogen-bond donors (Lipinski definition) is 0. The van der Waals surface area contributed by atoms with Crippen molar-refractivity contribution in [1.29, 1.82) is 0 Å². The van der Waals surface area contributed by atoms with Gasteiger partial charge in [-0.15, -0.1) is 11.6 Å². The molecule has 1 aromatic carbocycles. The lowest BCUT2D eigenvalue weighted by atomic mass is 10.2. The maximum Gasteiger partial charge on any atom is 0.231 e. The summed E-state index contributed by atoms with van der Waals surface area (Å²) in [6.45, 7) is 0.554. The zero-order chi connectivity index (χ0) is 11.5. The van der Waals surface area contributed by atoms with Crippen LogP contribution < -0.4 is 4.90 Å². The smallest absolute Gasteiger partial charge is 0.231 e. The van der Waals surface area contributed by atoms with Gasteiger partial charge in [-0.3, -0.25) is 4.79 Å². The molecule has 0 unspecified atom stereocenters. The standard InChI is InChI=1S/C12H11Cl2NO/c13-5-1-2-6-15-11-8-10(14)4-3-9(11)7-12(15)16/h1-4,8H,5-7H2. The molecule has 0 saturated carbocycles. The number of benzene rings is 1. The summed E-state index contributed by atoms with van der Waals surface area (Å²) >= 11 is 11.5. The van der Waals surface area contributed by atoms with Gasteiger partial charge in [0.25, 0.3) is 0 Å². The van der Waals surface area contributed by atoms with E-state index in [-0.39, 0.29) is 5.91 Å². The highest BCUT2D eigenvalue weighted by Crippen LogP contribution is 2.31. The van der Waals surface area contributed by atoms with Gasteiger partial charge in [-0.1, -0.05) is 29.8 Å². The molecular weight excluding hydrogens is 245 g/mol. The van der Waals surface area contributed by atoms with E-state index >= 15 is 0 Å². The Morgan fingerprint density at radius 3 is 2.94 bits per heavy atom. The molecule has 0 spiro atoms. The topological polar surface area (TPSA) is 20.3 Å². The van der Waals surface area contributed by atoms with E-state index in [0.29, 0.717) is 23.9 Å². The van der Waals surface area contributed by atoms with Gasteiger partial charge in [-0.2, -0.15) is 0 Å². The highest BCUT2D eigenvalue weighted by Gasteiger charge is 2.26. The summed E-state index contributed by atoms with van der Waals surface area (Å²) in [6.07, 6.45) is 4.18. The fourth-order valence-corrected chi connectivity index (χ4v) is 2.07. The van der Waals surface area contributed by atoms with Crippen LogP contribution in [0.5, 0.6) is 0 Å². The van der Waals surface area contributed by atoms with Gasteiger partial charge in [-0.25, -0.2) is 0 Å². The summed E-state index contributed by atoms with van der Waals surface area (Å²) in [5, 5.41) is 0.653. The van der Waals surface area contributed by atoms with Crippen LogP contribution in [0.1, 0.15) is 5.56 Å². The first-order valence-electron chi connectivity index (χ1n) is 5.02. The van der Waals surface area contributed by atoms with Gasteiger partial charge in [0.1, 0.15) is 0 Å². The van der Waals surface area contributed by atoms with Crippen molar-refractivity contribution in [3.05, 3.63) is 40.9 Å². The molecule has 0 N–H and O–H groups in total. The SMILES string of the molecule is O=C1Cc2ccc(Cl)cc2N1CC=CCCl. The predicted molar refractivity (Wildman–Crippen MR) is 67.4 cm³/mol. The second kappa shape index (κ2) is 4.89. The van der Waals surface area contributed by atoms with Crippen LogP contribution in [-0.4, -0.2) is 18.3 Å². The van der Waals surface area contributed by atoms with Crippen LogP contribution in [0.4, 0.5) is 5.69 Å². The molecule has 0 aromatic heterocycles. The third kappa shape index (κ3) is 2.23. The third-order valence-corrected chi connectivity index (χ3v) is 2.94. The molecule has 0 saturated heterocycles. The second-order valence-electron chi connectivity index (χ2n) is 3.58. The minimum Gasteiger partial charge on any atom is -0.308 e. The predicted octanol–water partition coefficient (Wildman–Crippen LogP) is 3.02. The molecule has 0 radical (unpaired) electrons. The van der Waals surface area contributed by atoms with Gasteiger partial charge in [-0.05, 0) is 17.7 Å². The lowest BCUT2D eigenvalue weighted by Crippen LogP contribution is -2.26. The van der Waals surface area contributed by atoms with E-state index in [1.807, 2.05) is 30.4 Å². The number of carbonyl (C=O) groups is 1. The van der Waals surface area contributed by atoms with Crippen LogP contribution in [0.3, 0.4) is 0 Å². The van der Waals surface area contributed by atoms with Crippen molar-refractivity contribution < 1.29 is 4.79 Å². The number of alkyl halides is 1. The number of rotatable bonds is 3. The van der Waals surface area contributed by atoms with E-state index in [1.54, 1.807) is 4.90 Å². The first kappa shape index (κ1) is 11.5. The summed E-state index contributed by atoms with van der Waals surface area (Å²) in [7, 11) is 0. The molecule has 1 aliphatic rings. The maximum absolute atomic E-state index is 11.8. The Hall–Kier alpha value is -0.990. The average Bonchev–Trinajstić information content (AvgIpc) is 2.56. The molecule has 16 heavy (non-hydrogen) atoms. The number of halogens is 2. The minimum absolute atomic E-state index is 0.108. The fourth-order valence-electron chi connectivity index (χ4n) is 1.77. The molecule has 0 bridgehead atoms. The number of carbonyl (C=O) groups excluding carboxylic acids is 1. The summed E-state index contributed by atoms with van der Waals surface area (Å²) < 4.78 is 0. The van der Waals surface area contributed by atoms with Gasteiger partial charge in [0.2, 0.25) is 5.91 Å². The maximum atomic E-state index is 11.8. The number of allylic oxidation sites excluding steroid dienone is 1. The van der Waals surface area contributed by atoms with Crippen LogP contribution in [0.15, 0.2) is 30.4 Å². The van der Waals surface area contributed by atoms with E-state index in [4.69, 9.17) is 23.2 Å². The van der Waals surface area contributed by atoms with Gasteiger partial charge < -0.3 is 4.90 Å². The Balaban J connectivity index is 2.24. The zero-order valence-electron chi connectivity index (χ0n) is 8.62. The molecule has 84 valence electrons. The zero-order valence-corrected chi connectivity index (χ0v) is 10.1. The first-order valence-corrected chi connectivity index (χ1v) is 5.93. The van der Waals surface area contributed by atoms with Crippen molar-refractivity contribution in [3.63, 3.8) is 0 Å². The quantitative estimate of drug-likeness (QED) is 0.601. The van der Waals surface area contributed by atoms with E-state index in [1.165, 1.54) is 0 Å². The summed E-state index contributed by atoms with van der Waals surface area (Å²) in [6, 6.07) is 5.54. The molecule has 0 fully saturated rings. The van der Waals surface area contributed by atoms with Crippen molar-refractivity contribution in [3.8, 4) is 0 Å². The van der Waals surface area contributed by atoms with Crippen molar-refractivity contribution in [2.45, 2.75) is 6.42 Å². The summed E-state index contributed by atoms with van der Waals surface area (Å²) in [5.41, 5.74) is 1.95. The van der Waals surface area contributed by atoms with E-state index < -0.39 is 0 Å². The van der Waals surface area contributed by atoms with Gasteiger partial charge in [0.15, 0.2) is 0 Å². The van der Waals surface area contributed by atoms with Crippen LogP contribution >= 0.6 is 23.2 Å². The first-order chi connectivity index (χ1) is 7.72. The van der Waals surface area contributed by atoms with Crippen LogP contribution in [0, 0.1) is 0 Å². The number of amides is 1. The third-order valence-electron chi connectivity index (χ3n) is 2.52. The van der Waals surface area contributed by atoms with Crippen LogP contribution in [0.2, 0.25) is 5.02 Å². The van der Waals surface area contributed by atoms with E-state index in [2.05, 4.69) is 0 Å². The number of fused-ring (bicyclic) bond motifs is 1. The molecule has 1 aliphatic heterocycles. The van der Waals surface area contributed by atoms with Crippen LogP contribution in [0.25, 0.3) is 0 Å². The minimum atomic E-state index is 0.108. The Morgan fingerprint density at radius 1 is 1.38 bits per heavy atom. The highest BCUT2D eigenvalue weighted by molar-refractivity contribution is 6.31. The number of nitrogens with zero attached hydrogens (tertiary/aromatic N) is 1. The van der Waals surface area contributed by atoms with Crippen molar-refractivity contribution in [2.24, 2.45) is 0 Å². The number of anilines is 1. The molecular formula is C12H11Cl2NO. The molecule has 0 aliphatic carbocycles. The van der Waals surface area contributed by atoms with Crippen molar-refractivity contribution in [2.75, 3.05) is 17.3 Å². The number of hydrogen-bond acceptors (Lipinski definition) is 1. The molecule has 2 nitrogen and oxygen atoms in total. The fraction of sp³-hybridized carbons (Fsp3) is 0.250. The molecule has 4 heteroatoms. The average molecular weight is 256 g/mol. The lowest BCUT2D eigenvalue weighted by molar-refractivity contribution is -0.117. The highest BCUT2D eigenvalue weighted by atomic mass is 35.5. The van der Waals surface area contributed by atoms with Gasteiger partial charge in [0.05, 0.1) is 6.42 Å². The normalized spacial score (nSPS) is 14.9. The van der Waals surface area contributed by atoms with Gasteiger partial charge >= 0.3 is 0 Å². The van der Waals surface area contributed by atoms with Crippen LogP contribution in [-0.2, 0) is 11.2 Å². The molecule has 1 heterocycles. The molecule has 1 aromatic rings. The Labute approximate surface area is 104 Å². The van der Waals surface area contributed by atoms with E-state index in [0.717, 1.165) is 11.3 Å². The largest absolute Gasteiger partial charge is 0.308 e. The van der Waals surface area contributed by atoms with Gasteiger partial charge in [0, 0.05) is 23.1 Å². The molecule has 2 rings (SSSR count). The molecule has 0 atom stereocenters. The Kier molecular flexibility index (Phi) is 3.52. The van der Waals surface area contributed by atoms with E-state index in [9.17, 15) is 4.79 Å². The van der Waals surface area contributed by atoms with Crippen molar-refractivity contribution >= 4 is 34.8 Å². The Bertz CT molecular complexity index is 443.